The van der Waals surface area contributed by atoms with Crippen LogP contribution < -0.4 is 14.8 Å². The smallest absolute Gasteiger partial charge is 0.160 e. The van der Waals surface area contributed by atoms with E-state index in [1.165, 1.54) is 5.56 Å². The topological polar surface area (TPSA) is 43.6 Å². The molecule has 2 aromatic carbocycles. The number of methoxy groups -OCH3 is 2. The third-order valence-electron chi connectivity index (χ3n) is 4.20. The van der Waals surface area contributed by atoms with Gasteiger partial charge in [-0.3, -0.25) is 0 Å². The molecule has 28 heavy (non-hydrogen) atoms. The van der Waals surface area contributed by atoms with Crippen LogP contribution >= 0.6 is 44.3 Å². The Hall–Kier alpha value is -1.47. The van der Waals surface area contributed by atoms with E-state index in [2.05, 4.69) is 43.2 Å². The standard InChI is InChI=1S/C21H21Br2NO3.ClH/c1-25-20-7-3-14(11-21(20)26-2)9-10-24-13-16-5-8-19(27-16)17-6-4-15(22)12-18(17)23;/h3-8,11-12,24H,9-10,13H2,1-2H3;1H. The van der Waals surface area contributed by atoms with Crippen LogP contribution in [0.1, 0.15) is 11.3 Å². The van der Waals surface area contributed by atoms with Crippen LogP contribution in [0.2, 0.25) is 0 Å². The van der Waals surface area contributed by atoms with Crippen molar-refractivity contribution in [1.82, 2.24) is 5.32 Å². The number of rotatable bonds is 8. The molecule has 3 rings (SSSR count). The first-order valence-corrected chi connectivity index (χ1v) is 10.1. The van der Waals surface area contributed by atoms with Gasteiger partial charge in [-0.25, -0.2) is 0 Å². The van der Waals surface area contributed by atoms with Crippen molar-refractivity contribution in [3.8, 4) is 22.8 Å². The van der Waals surface area contributed by atoms with Crippen molar-refractivity contribution in [3.63, 3.8) is 0 Å². The summed E-state index contributed by atoms with van der Waals surface area (Å²) in [5.41, 5.74) is 2.23. The maximum absolute atomic E-state index is 5.97. The van der Waals surface area contributed by atoms with Crippen LogP contribution in [0.15, 0.2) is 61.9 Å². The second-order valence-corrected chi connectivity index (χ2v) is 7.78. The number of ether oxygens (including phenoxy) is 2. The molecule has 4 nitrogen and oxygen atoms in total. The maximum Gasteiger partial charge on any atom is 0.160 e. The predicted octanol–water partition coefficient (Wildman–Crippen LogP) is 6.24. The molecule has 3 aromatic rings. The minimum atomic E-state index is 0. The molecular weight excluding hydrogens is 509 g/mol. The summed E-state index contributed by atoms with van der Waals surface area (Å²) in [6, 6.07) is 16.1. The van der Waals surface area contributed by atoms with Crippen LogP contribution in [0, 0.1) is 0 Å². The lowest BCUT2D eigenvalue weighted by Gasteiger charge is -2.09. The fourth-order valence-electron chi connectivity index (χ4n) is 2.79. The van der Waals surface area contributed by atoms with Crippen LogP contribution in [0.5, 0.6) is 11.5 Å². The highest BCUT2D eigenvalue weighted by Crippen LogP contribution is 2.32. The lowest BCUT2D eigenvalue weighted by molar-refractivity contribution is 0.354. The van der Waals surface area contributed by atoms with Gasteiger partial charge in [-0.2, -0.15) is 0 Å². The summed E-state index contributed by atoms with van der Waals surface area (Å²) in [6.45, 7) is 1.52. The van der Waals surface area contributed by atoms with Crippen LogP contribution in [0.4, 0.5) is 0 Å². The van der Waals surface area contributed by atoms with E-state index < -0.39 is 0 Å². The Bertz CT molecular complexity index is 914. The van der Waals surface area contributed by atoms with Gasteiger partial charge < -0.3 is 19.2 Å². The number of furan rings is 1. The Morgan fingerprint density at radius 2 is 1.71 bits per heavy atom. The van der Waals surface area contributed by atoms with E-state index in [4.69, 9.17) is 13.9 Å². The normalized spacial score (nSPS) is 10.4. The third kappa shape index (κ3) is 5.77. The molecule has 1 heterocycles. The number of nitrogens with one attached hydrogen (secondary N) is 1. The summed E-state index contributed by atoms with van der Waals surface area (Å²) in [4.78, 5) is 0. The van der Waals surface area contributed by atoms with Crippen molar-refractivity contribution in [1.29, 1.82) is 0 Å². The highest BCUT2D eigenvalue weighted by atomic mass is 79.9. The highest BCUT2D eigenvalue weighted by Gasteiger charge is 2.09. The third-order valence-corrected chi connectivity index (χ3v) is 5.35. The summed E-state index contributed by atoms with van der Waals surface area (Å²) in [7, 11) is 3.29. The van der Waals surface area contributed by atoms with Gasteiger partial charge in [0.05, 0.1) is 20.8 Å². The molecule has 0 bridgehead atoms. The van der Waals surface area contributed by atoms with Gasteiger partial charge in [0.1, 0.15) is 11.5 Å². The van der Waals surface area contributed by atoms with E-state index in [9.17, 15) is 0 Å². The van der Waals surface area contributed by atoms with Gasteiger partial charge in [-0.1, -0.05) is 22.0 Å². The molecule has 0 unspecified atom stereocenters. The molecule has 0 saturated carbocycles. The first-order chi connectivity index (χ1) is 13.1. The number of benzene rings is 2. The molecule has 0 spiro atoms. The molecule has 1 aromatic heterocycles. The molecule has 0 aliphatic rings. The molecular formula is C21H22Br2ClNO3. The average Bonchev–Trinajstić information content (AvgIpc) is 3.13. The van der Waals surface area contributed by atoms with Crippen molar-refractivity contribution >= 4 is 44.3 Å². The van der Waals surface area contributed by atoms with Crippen LogP contribution in [-0.2, 0) is 13.0 Å². The highest BCUT2D eigenvalue weighted by molar-refractivity contribution is 9.11. The van der Waals surface area contributed by atoms with Crippen LogP contribution in [-0.4, -0.2) is 20.8 Å². The second-order valence-electron chi connectivity index (χ2n) is 6.01. The zero-order valence-electron chi connectivity index (χ0n) is 15.6. The van der Waals surface area contributed by atoms with Gasteiger partial charge in [0.2, 0.25) is 0 Å². The monoisotopic (exact) mass is 529 g/mol. The Labute approximate surface area is 188 Å². The van der Waals surface area contributed by atoms with Gasteiger partial charge in [0.25, 0.3) is 0 Å². The van der Waals surface area contributed by atoms with Gasteiger partial charge in [0, 0.05) is 14.5 Å². The SMILES string of the molecule is COc1ccc(CCNCc2ccc(-c3ccc(Br)cc3Br)o2)cc1OC.Cl. The largest absolute Gasteiger partial charge is 0.493 e. The minimum Gasteiger partial charge on any atom is -0.493 e. The number of hydrogen-bond donors (Lipinski definition) is 1. The van der Waals surface area contributed by atoms with Crippen LogP contribution in [0.25, 0.3) is 11.3 Å². The average molecular weight is 532 g/mol. The molecule has 0 radical (unpaired) electrons. The van der Waals surface area contributed by atoms with Crippen molar-refractivity contribution in [2.45, 2.75) is 13.0 Å². The molecule has 0 atom stereocenters. The number of hydrogen-bond acceptors (Lipinski definition) is 4. The summed E-state index contributed by atoms with van der Waals surface area (Å²) in [5, 5.41) is 3.42. The second kappa shape index (κ2) is 10.9. The van der Waals surface area contributed by atoms with Gasteiger partial charge >= 0.3 is 0 Å². The van der Waals surface area contributed by atoms with Gasteiger partial charge in [-0.15, -0.1) is 12.4 Å². The van der Waals surface area contributed by atoms with Crippen molar-refractivity contribution < 1.29 is 13.9 Å². The zero-order chi connectivity index (χ0) is 19.2. The minimum absolute atomic E-state index is 0. The quantitative estimate of drug-likeness (QED) is 0.350. The molecule has 7 heteroatoms. The zero-order valence-corrected chi connectivity index (χ0v) is 19.6. The van der Waals surface area contributed by atoms with Crippen molar-refractivity contribution in [2.75, 3.05) is 20.8 Å². The summed E-state index contributed by atoms with van der Waals surface area (Å²) >= 11 is 7.05. The molecule has 0 saturated heterocycles. The molecule has 1 N–H and O–H groups in total. The summed E-state index contributed by atoms with van der Waals surface area (Å²) in [6.07, 6.45) is 0.895. The molecule has 0 fully saturated rings. The van der Waals surface area contributed by atoms with E-state index >= 15 is 0 Å². The van der Waals surface area contributed by atoms with Crippen LogP contribution in [0.3, 0.4) is 0 Å². The predicted molar refractivity (Wildman–Crippen MR) is 122 cm³/mol. The van der Waals surface area contributed by atoms with Gasteiger partial charge in [0.15, 0.2) is 11.5 Å². The van der Waals surface area contributed by atoms with Crippen molar-refractivity contribution in [3.05, 3.63) is 68.8 Å². The summed E-state index contributed by atoms with van der Waals surface area (Å²) < 4.78 is 18.6. The van der Waals surface area contributed by atoms with E-state index in [1.807, 2.05) is 42.5 Å². The molecule has 150 valence electrons. The Balaban J connectivity index is 0.00000280. The summed E-state index contributed by atoms with van der Waals surface area (Å²) in [5.74, 6) is 3.26. The van der Waals surface area contributed by atoms with E-state index in [0.717, 1.165) is 50.5 Å². The number of halogens is 3. The Morgan fingerprint density at radius 1 is 0.929 bits per heavy atom. The first-order valence-electron chi connectivity index (χ1n) is 8.56. The van der Waals surface area contributed by atoms with E-state index in [-0.39, 0.29) is 12.4 Å². The lowest BCUT2D eigenvalue weighted by Crippen LogP contribution is -2.16. The Kier molecular flexibility index (Phi) is 8.89. The van der Waals surface area contributed by atoms with E-state index in [0.29, 0.717) is 6.54 Å². The lowest BCUT2D eigenvalue weighted by atomic mass is 10.1. The fraction of sp³-hybridized carbons (Fsp3) is 0.238. The Morgan fingerprint density at radius 3 is 2.43 bits per heavy atom. The molecule has 0 aliphatic heterocycles. The van der Waals surface area contributed by atoms with Crippen molar-refractivity contribution in [2.24, 2.45) is 0 Å². The van der Waals surface area contributed by atoms with E-state index in [1.54, 1.807) is 14.2 Å². The first kappa shape index (κ1) is 22.8. The maximum atomic E-state index is 5.97. The molecule has 0 aliphatic carbocycles. The fourth-order valence-corrected chi connectivity index (χ4v) is 4.03. The van der Waals surface area contributed by atoms with Gasteiger partial charge in [-0.05, 0) is 76.9 Å². The molecule has 0 amide bonds.